The molecule has 222 valence electrons. The lowest BCUT2D eigenvalue weighted by Crippen LogP contribution is -2.46. The molecular weight excluding hydrogens is 566 g/mol. The number of fused-ring (bicyclic) bond motifs is 5. The zero-order chi connectivity index (χ0) is 30.1. The molecule has 0 N–H and O–H groups in total. The first-order valence-corrected chi connectivity index (χ1v) is 15.8. The minimum absolute atomic E-state index is 0.181. The number of aromatic nitrogens is 4. The van der Waals surface area contributed by atoms with Gasteiger partial charge in [-0.3, -0.25) is 4.68 Å². The van der Waals surface area contributed by atoms with Gasteiger partial charge in [0.15, 0.2) is 5.65 Å². The van der Waals surface area contributed by atoms with E-state index in [9.17, 15) is 13.2 Å². The molecule has 2 aliphatic rings. The number of hydrogen-bond donors (Lipinski definition) is 0. The van der Waals surface area contributed by atoms with E-state index in [1.54, 1.807) is 53.8 Å². The number of amides is 1. The molecule has 0 bridgehead atoms. The van der Waals surface area contributed by atoms with Crippen molar-refractivity contribution >= 4 is 38.1 Å². The number of carbonyl (C=O) groups excluding carboxylic acids is 1. The number of ether oxygens (including phenoxy) is 2. The van der Waals surface area contributed by atoms with Gasteiger partial charge in [-0.05, 0) is 63.4 Å². The van der Waals surface area contributed by atoms with E-state index in [0.29, 0.717) is 38.2 Å². The molecule has 0 atom stereocenters. The Morgan fingerprint density at radius 1 is 1.05 bits per heavy atom. The lowest BCUT2D eigenvalue weighted by Gasteiger charge is -2.39. The van der Waals surface area contributed by atoms with Gasteiger partial charge in [0.1, 0.15) is 5.60 Å². The van der Waals surface area contributed by atoms with Crippen LogP contribution >= 0.6 is 0 Å². The third kappa shape index (κ3) is 4.49. The maximum atomic E-state index is 14.0. The highest BCUT2D eigenvalue weighted by atomic mass is 32.2. The Kier molecular flexibility index (Phi) is 6.19. The molecular formula is C32H33N5O5S. The second kappa shape index (κ2) is 9.65. The molecule has 0 unspecified atom stereocenters. The normalized spacial score (nSPS) is 16.7. The SMILES string of the molecule is Cn1ncc2cc(-c3cn(S(=O)(=O)c4ccccc4)c4ncc5c(c34)C3(CCN(C(=O)OC(C)(C)C)CC3)OC5)ccc21. The number of piperidine rings is 1. The van der Waals surface area contributed by atoms with E-state index in [1.165, 1.54) is 3.97 Å². The van der Waals surface area contributed by atoms with Crippen molar-refractivity contribution < 1.29 is 22.7 Å². The summed E-state index contributed by atoms with van der Waals surface area (Å²) in [4.78, 5) is 19.5. The summed E-state index contributed by atoms with van der Waals surface area (Å²) in [6.45, 7) is 6.84. The van der Waals surface area contributed by atoms with Gasteiger partial charge in [0, 0.05) is 60.0 Å². The lowest BCUT2D eigenvalue weighted by molar-refractivity contribution is -0.0790. The largest absolute Gasteiger partial charge is 0.444 e. The van der Waals surface area contributed by atoms with Gasteiger partial charge in [-0.15, -0.1) is 0 Å². The Balaban J connectivity index is 1.40. The topological polar surface area (TPSA) is 109 Å². The molecule has 7 rings (SSSR count). The number of benzene rings is 2. The highest BCUT2D eigenvalue weighted by molar-refractivity contribution is 7.90. The maximum absolute atomic E-state index is 14.0. The highest BCUT2D eigenvalue weighted by Gasteiger charge is 2.46. The summed E-state index contributed by atoms with van der Waals surface area (Å²) in [5.74, 6) is 0. The fourth-order valence-electron chi connectivity index (χ4n) is 6.33. The zero-order valence-corrected chi connectivity index (χ0v) is 25.4. The Hall–Kier alpha value is -4.22. The molecule has 0 saturated carbocycles. The first kappa shape index (κ1) is 27.6. The number of pyridine rings is 1. The van der Waals surface area contributed by atoms with Crippen LogP contribution in [0.1, 0.15) is 44.7 Å². The van der Waals surface area contributed by atoms with Gasteiger partial charge in [-0.1, -0.05) is 24.3 Å². The van der Waals surface area contributed by atoms with Crippen LogP contribution in [0.25, 0.3) is 33.1 Å². The van der Waals surface area contributed by atoms with Gasteiger partial charge in [-0.2, -0.15) is 5.10 Å². The third-order valence-corrected chi connectivity index (χ3v) is 10.1. The van der Waals surface area contributed by atoms with Crippen molar-refractivity contribution in [1.82, 2.24) is 23.6 Å². The summed E-state index contributed by atoms with van der Waals surface area (Å²) in [5.41, 5.74) is 3.54. The smallest absolute Gasteiger partial charge is 0.410 e. The highest BCUT2D eigenvalue weighted by Crippen LogP contribution is 2.50. The van der Waals surface area contributed by atoms with Gasteiger partial charge in [-0.25, -0.2) is 22.2 Å². The number of rotatable bonds is 3. The van der Waals surface area contributed by atoms with E-state index in [-0.39, 0.29) is 11.0 Å². The molecule has 1 saturated heterocycles. The minimum Gasteiger partial charge on any atom is -0.444 e. The summed E-state index contributed by atoms with van der Waals surface area (Å²) >= 11 is 0. The van der Waals surface area contributed by atoms with E-state index >= 15 is 0 Å². The van der Waals surface area contributed by atoms with E-state index in [2.05, 4.69) is 5.10 Å². The molecule has 2 aliphatic heterocycles. The van der Waals surface area contributed by atoms with Crippen LogP contribution in [0.15, 0.2) is 72.0 Å². The van der Waals surface area contributed by atoms with Crippen molar-refractivity contribution in [3.05, 3.63) is 78.2 Å². The molecule has 11 heteroatoms. The monoisotopic (exact) mass is 599 g/mol. The predicted molar refractivity (Wildman–Crippen MR) is 162 cm³/mol. The number of hydrogen-bond acceptors (Lipinski definition) is 7. The van der Waals surface area contributed by atoms with Crippen LogP contribution in [0.4, 0.5) is 4.79 Å². The second-order valence-electron chi connectivity index (χ2n) is 12.3. The summed E-state index contributed by atoms with van der Waals surface area (Å²) in [5, 5.41) is 6.09. The summed E-state index contributed by atoms with van der Waals surface area (Å²) < 4.78 is 43.3. The summed E-state index contributed by atoms with van der Waals surface area (Å²) in [6, 6.07) is 14.4. The van der Waals surface area contributed by atoms with Crippen LogP contribution in [0.2, 0.25) is 0 Å². The molecule has 3 aromatic heterocycles. The standard InChI is InChI=1S/C32H33N5O5S/c1-31(2,3)42-30(38)36-14-12-32(13-15-36)28-23(20-41-32)17-33-29-27(28)25(21-10-11-26-22(16-21)18-34-35(26)4)19-37(29)43(39,40)24-8-6-5-7-9-24/h5-11,16-19H,12-15,20H2,1-4H3. The maximum Gasteiger partial charge on any atom is 0.410 e. The molecule has 1 spiro atoms. The van der Waals surface area contributed by atoms with E-state index in [4.69, 9.17) is 14.5 Å². The average Bonchev–Trinajstić information content (AvgIpc) is 3.66. The molecule has 1 fully saturated rings. The lowest BCUT2D eigenvalue weighted by atomic mass is 9.81. The summed E-state index contributed by atoms with van der Waals surface area (Å²) in [6.07, 6.45) is 5.98. The fraction of sp³-hybridized carbons (Fsp3) is 0.344. The molecule has 2 aromatic carbocycles. The van der Waals surface area contributed by atoms with Crippen LogP contribution in [-0.2, 0) is 38.8 Å². The molecule has 43 heavy (non-hydrogen) atoms. The molecule has 0 radical (unpaired) electrons. The van der Waals surface area contributed by atoms with Gasteiger partial charge >= 0.3 is 6.09 Å². The summed E-state index contributed by atoms with van der Waals surface area (Å²) in [7, 11) is -2.07. The number of aryl methyl sites for hydroxylation is 1. The average molecular weight is 600 g/mol. The number of carbonyl (C=O) groups is 1. The van der Waals surface area contributed by atoms with Crippen molar-refractivity contribution in [1.29, 1.82) is 0 Å². The Morgan fingerprint density at radius 2 is 1.79 bits per heavy atom. The molecule has 0 aliphatic carbocycles. The van der Waals surface area contributed by atoms with Crippen molar-refractivity contribution in [3.8, 4) is 11.1 Å². The van der Waals surface area contributed by atoms with Crippen molar-refractivity contribution in [2.75, 3.05) is 13.1 Å². The molecule has 5 heterocycles. The first-order chi connectivity index (χ1) is 20.5. The van der Waals surface area contributed by atoms with Crippen molar-refractivity contribution in [2.24, 2.45) is 7.05 Å². The second-order valence-corrected chi connectivity index (χ2v) is 14.1. The van der Waals surface area contributed by atoms with Crippen LogP contribution in [0.3, 0.4) is 0 Å². The van der Waals surface area contributed by atoms with Gasteiger partial charge < -0.3 is 14.4 Å². The van der Waals surface area contributed by atoms with Crippen LogP contribution in [0.5, 0.6) is 0 Å². The van der Waals surface area contributed by atoms with E-state index in [1.807, 2.05) is 50.7 Å². The first-order valence-electron chi connectivity index (χ1n) is 14.3. The van der Waals surface area contributed by atoms with Gasteiger partial charge in [0.05, 0.1) is 28.8 Å². The van der Waals surface area contributed by atoms with Crippen LogP contribution < -0.4 is 0 Å². The van der Waals surface area contributed by atoms with E-state index < -0.39 is 21.2 Å². The Bertz CT molecular complexity index is 2000. The van der Waals surface area contributed by atoms with Crippen LogP contribution in [0, 0.1) is 0 Å². The van der Waals surface area contributed by atoms with Crippen molar-refractivity contribution in [3.63, 3.8) is 0 Å². The number of nitrogens with zero attached hydrogens (tertiary/aromatic N) is 5. The van der Waals surface area contributed by atoms with Crippen LogP contribution in [-0.4, -0.2) is 56.8 Å². The third-order valence-electron chi connectivity index (χ3n) is 8.40. The Morgan fingerprint density at radius 3 is 2.51 bits per heavy atom. The van der Waals surface area contributed by atoms with Gasteiger partial charge in [0.2, 0.25) is 0 Å². The molecule has 5 aromatic rings. The van der Waals surface area contributed by atoms with Crippen molar-refractivity contribution in [2.45, 2.75) is 56.3 Å². The Labute approximate surface area is 249 Å². The molecule has 1 amide bonds. The molecule has 10 nitrogen and oxygen atoms in total. The zero-order valence-electron chi connectivity index (χ0n) is 24.6. The minimum atomic E-state index is -3.96. The van der Waals surface area contributed by atoms with E-state index in [0.717, 1.165) is 38.5 Å². The predicted octanol–water partition coefficient (Wildman–Crippen LogP) is 5.58. The number of likely N-dealkylation sites (tertiary alicyclic amines) is 1. The van der Waals surface area contributed by atoms with Gasteiger partial charge in [0.25, 0.3) is 10.0 Å². The quantitative estimate of drug-likeness (QED) is 0.266. The fourth-order valence-corrected chi connectivity index (χ4v) is 7.67.